The van der Waals surface area contributed by atoms with Crippen LogP contribution in [0.5, 0.6) is 0 Å². The number of alkyl halides is 1. The van der Waals surface area contributed by atoms with Gasteiger partial charge in [-0.1, -0.05) is 11.6 Å². The van der Waals surface area contributed by atoms with Crippen LogP contribution in [0.25, 0.3) is 0 Å². The van der Waals surface area contributed by atoms with Gasteiger partial charge in [0.2, 0.25) is 10.0 Å². The Morgan fingerprint density at radius 2 is 2.14 bits per heavy atom. The number of hydrogen-bond donors (Lipinski definition) is 1. The minimum absolute atomic E-state index is 0.0577. The van der Waals surface area contributed by atoms with E-state index in [9.17, 15) is 17.6 Å². The molecule has 0 amide bonds. The Balaban J connectivity index is 2.47. The second-order valence-electron chi connectivity index (χ2n) is 4.99. The van der Waals surface area contributed by atoms with E-state index in [-0.39, 0.29) is 28.6 Å². The lowest BCUT2D eigenvalue weighted by Gasteiger charge is -2.28. The average molecular weight is 336 g/mol. The Labute approximate surface area is 127 Å². The molecule has 1 aromatic carbocycles. The number of carbonyl (C=O) groups is 1. The van der Waals surface area contributed by atoms with Gasteiger partial charge in [0.15, 0.2) is 0 Å². The van der Waals surface area contributed by atoms with Crippen LogP contribution >= 0.6 is 11.6 Å². The van der Waals surface area contributed by atoms with Crippen LogP contribution in [0.15, 0.2) is 17.0 Å². The maximum absolute atomic E-state index is 13.4. The Morgan fingerprint density at radius 3 is 2.71 bits per heavy atom. The van der Waals surface area contributed by atoms with Gasteiger partial charge in [-0.3, -0.25) is 0 Å². The number of aromatic carboxylic acids is 1. The normalized spacial score (nSPS) is 20.4. The molecule has 0 bridgehead atoms. The van der Waals surface area contributed by atoms with Gasteiger partial charge >= 0.3 is 5.97 Å². The van der Waals surface area contributed by atoms with Crippen LogP contribution in [-0.2, 0) is 10.0 Å². The van der Waals surface area contributed by atoms with E-state index in [0.29, 0.717) is 18.4 Å². The third kappa shape index (κ3) is 3.20. The third-order valence-corrected chi connectivity index (χ3v) is 5.75. The Kier molecular flexibility index (Phi) is 4.55. The number of nitrogens with zero attached hydrogens (tertiary/aromatic N) is 1. The molecular weight excluding hydrogens is 321 g/mol. The monoisotopic (exact) mass is 335 g/mol. The zero-order valence-corrected chi connectivity index (χ0v) is 12.9. The topological polar surface area (TPSA) is 74.7 Å². The van der Waals surface area contributed by atoms with E-state index in [0.717, 1.165) is 10.4 Å². The van der Waals surface area contributed by atoms with Gasteiger partial charge in [-0.05, 0) is 37.5 Å². The number of halogens is 2. The van der Waals surface area contributed by atoms with Gasteiger partial charge in [0, 0.05) is 18.1 Å². The molecule has 0 spiro atoms. The van der Waals surface area contributed by atoms with Crippen molar-refractivity contribution in [3.05, 3.63) is 28.3 Å². The molecule has 0 radical (unpaired) electrons. The lowest BCUT2D eigenvalue weighted by Crippen LogP contribution is -2.40. The first-order valence-electron chi connectivity index (χ1n) is 6.41. The standard InChI is InChI=1S/C13H15ClFNO4S/c1-8-11(13(17)18)5-10(6-12(8)14)21(19,20)16-4-2-3-9(15)7-16/h5-6,9H,2-4,7H2,1H3,(H,17,18). The molecule has 0 aromatic heterocycles. The highest BCUT2D eigenvalue weighted by Gasteiger charge is 2.31. The van der Waals surface area contributed by atoms with E-state index in [2.05, 4.69) is 0 Å². The molecule has 1 aliphatic rings. The third-order valence-electron chi connectivity index (χ3n) is 3.51. The summed E-state index contributed by atoms with van der Waals surface area (Å²) >= 11 is 5.92. The van der Waals surface area contributed by atoms with Crippen LogP contribution in [0, 0.1) is 6.92 Å². The number of carboxylic acids is 1. The van der Waals surface area contributed by atoms with Crippen LogP contribution in [0.2, 0.25) is 5.02 Å². The molecule has 2 rings (SSSR count). The molecule has 1 fully saturated rings. The highest BCUT2D eigenvalue weighted by Crippen LogP contribution is 2.28. The predicted octanol–water partition coefficient (Wildman–Crippen LogP) is 2.47. The molecule has 1 saturated heterocycles. The molecular formula is C13H15ClFNO4S. The van der Waals surface area contributed by atoms with Gasteiger partial charge in [0.05, 0.1) is 10.5 Å². The fourth-order valence-corrected chi connectivity index (χ4v) is 4.13. The van der Waals surface area contributed by atoms with Crippen LogP contribution in [0.1, 0.15) is 28.8 Å². The van der Waals surface area contributed by atoms with Gasteiger partial charge in [0.25, 0.3) is 0 Å². The number of benzene rings is 1. The molecule has 116 valence electrons. The molecule has 5 nitrogen and oxygen atoms in total. The summed E-state index contributed by atoms with van der Waals surface area (Å²) in [5.41, 5.74) is 0.125. The number of carboxylic acid groups (broad SMARTS) is 1. The van der Waals surface area contributed by atoms with Crippen LogP contribution < -0.4 is 0 Å². The highest BCUT2D eigenvalue weighted by atomic mass is 35.5. The van der Waals surface area contributed by atoms with Crippen molar-refractivity contribution in [2.24, 2.45) is 0 Å². The maximum Gasteiger partial charge on any atom is 0.336 e. The second-order valence-corrected chi connectivity index (χ2v) is 7.33. The molecule has 1 N–H and O–H groups in total. The van der Waals surface area contributed by atoms with Crippen LogP contribution in [0.4, 0.5) is 4.39 Å². The minimum atomic E-state index is -3.94. The molecule has 8 heteroatoms. The molecule has 1 aromatic rings. The van der Waals surface area contributed by atoms with Crippen molar-refractivity contribution in [2.75, 3.05) is 13.1 Å². The van der Waals surface area contributed by atoms with E-state index >= 15 is 0 Å². The molecule has 1 unspecified atom stereocenters. The summed E-state index contributed by atoms with van der Waals surface area (Å²) in [6.07, 6.45) is -0.430. The first-order chi connectivity index (χ1) is 9.73. The molecule has 0 aliphatic carbocycles. The summed E-state index contributed by atoms with van der Waals surface area (Å²) in [6.45, 7) is 1.51. The van der Waals surface area contributed by atoms with Gasteiger partial charge < -0.3 is 5.11 Å². The fourth-order valence-electron chi connectivity index (χ4n) is 2.29. The molecule has 0 saturated carbocycles. The van der Waals surface area contributed by atoms with Gasteiger partial charge in [-0.2, -0.15) is 4.31 Å². The predicted molar refractivity (Wildman–Crippen MR) is 76.0 cm³/mol. The summed E-state index contributed by atoms with van der Waals surface area (Å²) < 4.78 is 39.4. The average Bonchev–Trinajstić information content (AvgIpc) is 2.41. The van der Waals surface area contributed by atoms with Crippen LogP contribution in [-0.4, -0.2) is 43.1 Å². The van der Waals surface area contributed by atoms with Gasteiger partial charge in [0.1, 0.15) is 6.17 Å². The quantitative estimate of drug-likeness (QED) is 0.920. The van der Waals surface area contributed by atoms with Crippen molar-refractivity contribution >= 4 is 27.6 Å². The van der Waals surface area contributed by atoms with E-state index in [4.69, 9.17) is 16.7 Å². The first kappa shape index (κ1) is 16.2. The number of rotatable bonds is 3. The Hall–Kier alpha value is -1.18. The summed E-state index contributed by atoms with van der Waals surface area (Å²) in [4.78, 5) is 10.9. The Bertz CT molecular complexity index is 677. The maximum atomic E-state index is 13.4. The first-order valence-corrected chi connectivity index (χ1v) is 8.23. The van der Waals surface area contributed by atoms with Crippen molar-refractivity contribution in [2.45, 2.75) is 30.8 Å². The Morgan fingerprint density at radius 1 is 1.48 bits per heavy atom. The van der Waals surface area contributed by atoms with Gasteiger partial charge in [-0.25, -0.2) is 17.6 Å². The number of piperidine rings is 1. The fraction of sp³-hybridized carbons (Fsp3) is 0.462. The lowest BCUT2D eigenvalue weighted by atomic mass is 10.1. The summed E-state index contributed by atoms with van der Waals surface area (Å²) in [5.74, 6) is -1.26. The van der Waals surface area contributed by atoms with E-state index in [1.165, 1.54) is 13.0 Å². The SMILES string of the molecule is Cc1c(Cl)cc(S(=O)(=O)N2CCCC(F)C2)cc1C(=O)O. The van der Waals surface area contributed by atoms with Crippen LogP contribution in [0.3, 0.4) is 0 Å². The van der Waals surface area contributed by atoms with E-state index < -0.39 is 22.2 Å². The highest BCUT2D eigenvalue weighted by molar-refractivity contribution is 7.89. The molecule has 1 aliphatic heterocycles. The van der Waals surface area contributed by atoms with E-state index in [1.54, 1.807) is 0 Å². The molecule has 1 atom stereocenters. The molecule has 21 heavy (non-hydrogen) atoms. The summed E-state index contributed by atoms with van der Waals surface area (Å²) in [6, 6.07) is 2.28. The second kappa shape index (κ2) is 5.90. The smallest absolute Gasteiger partial charge is 0.336 e. The lowest BCUT2D eigenvalue weighted by molar-refractivity contribution is 0.0696. The van der Waals surface area contributed by atoms with Crippen molar-refractivity contribution < 1.29 is 22.7 Å². The van der Waals surface area contributed by atoms with Crippen molar-refractivity contribution in [3.8, 4) is 0 Å². The molecule has 1 heterocycles. The largest absolute Gasteiger partial charge is 0.478 e. The zero-order chi connectivity index (χ0) is 15.8. The van der Waals surface area contributed by atoms with Crippen molar-refractivity contribution in [3.63, 3.8) is 0 Å². The van der Waals surface area contributed by atoms with Crippen molar-refractivity contribution in [1.29, 1.82) is 0 Å². The number of sulfonamides is 1. The summed E-state index contributed by atoms with van der Waals surface area (Å²) in [5, 5.41) is 9.16. The summed E-state index contributed by atoms with van der Waals surface area (Å²) in [7, 11) is -3.94. The minimum Gasteiger partial charge on any atom is -0.478 e. The zero-order valence-electron chi connectivity index (χ0n) is 11.3. The van der Waals surface area contributed by atoms with Gasteiger partial charge in [-0.15, -0.1) is 0 Å². The van der Waals surface area contributed by atoms with Crippen molar-refractivity contribution in [1.82, 2.24) is 4.31 Å². The number of hydrogen-bond acceptors (Lipinski definition) is 3. The van der Waals surface area contributed by atoms with E-state index in [1.807, 2.05) is 0 Å².